The van der Waals surface area contributed by atoms with Crippen LogP contribution in [0.15, 0.2) is 48.5 Å². The molecular formula is C19H18O. The Balaban J connectivity index is 2.04. The Bertz CT molecular complexity index is 653. The van der Waals surface area contributed by atoms with Crippen molar-refractivity contribution < 1.29 is 4.79 Å². The van der Waals surface area contributed by atoms with E-state index < -0.39 is 0 Å². The van der Waals surface area contributed by atoms with E-state index in [1.807, 2.05) is 0 Å². The van der Waals surface area contributed by atoms with Crippen LogP contribution in [0.2, 0.25) is 0 Å². The van der Waals surface area contributed by atoms with Gasteiger partial charge in [0.1, 0.15) is 5.78 Å². The van der Waals surface area contributed by atoms with Gasteiger partial charge >= 0.3 is 0 Å². The zero-order valence-corrected chi connectivity index (χ0v) is 11.8. The Morgan fingerprint density at radius 2 is 1.20 bits per heavy atom. The Labute approximate surface area is 119 Å². The average molecular weight is 262 g/mol. The lowest BCUT2D eigenvalue weighted by molar-refractivity contribution is -0.123. The van der Waals surface area contributed by atoms with Gasteiger partial charge < -0.3 is 0 Å². The maximum atomic E-state index is 12.2. The van der Waals surface area contributed by atoms with Crippen LogP contribution in [-0.4, -0.2) is 5.78 Å². The van der Waals surface area contributed by atoms with Gasteiger partial charge in [-0.1, -0.05) is 55.5 Å². The first kappa shape index (κ1) is 11.9. The molecule has 5 rings (SSSR count). The highest BCUT2D eigenvalue weighted by Gasteiger charge is 2.49. The minimum Gasteiger partial charge on any atom is -0.300 e. The Morgan fingerprint density at radius 1 is 0.800 bits per heavy atom. The lowest BCUT2D eigenvalue weighted by Gasteiger charge is -2.48. The molecule has 100 valence electrons. The summed E-state index contributed by atoms with van der Waals surface area (Å²) in [6.45, 7) is 4.00. The number of benzene rings is 2. The van der Waals surface area contributed by atoms with Crippen molar-refractivity contribution in [2.24, 2.45) is 11.8 Å². The number of carbonyl (C=O) groups is 1. The van der Waals surface area contributed by atoms with Gasteiger partial charge in [0.2, 0.25) is 0 Å². The number of Topliss-reactive ketones (excluding diaryl/α,β-unsaturated/α-hetero) is 1. The fraction of sp³-hybridized carbons (Fsp3) is 0.316. The summed E-state index contributed by atoms with van der Waals surface area (Å²) in [5, 5.41) is 0. The predicted octanol–water partition coefficient (Wildman–Crippen LogP) is 4.12. The van der Waals surface area contributed by atoms with Gasteiger partial charge in [0.15, 0.2) is 0 Å². The monoisotopic (exact) mass is 262 g/mol. The first-order valence-corrected chi connectivity index (χ1v) is 7.38. The second-order valence-electron chi connectivity index (χ2n) is 6.21. The molecule has 2 unspecified atom stereocenters. The number of hydrogen-bond donors (Lipinski definition) is 0. The Morgan fingerprint density at radius 3 is 1.60 bits per heavy atom. The van der Waals surface area contributed by atoms with E-state index >= 15 is 0 Å². The van der Waals surface area contributed by atoms with Crippen molar-refractivity contribution in [2.75, 3.05) is 0 Å². The average Bonchev–Trinajstić information content (AvgIpc) is 2.47. The molecule has 0 saturated carbocycles. The van der Waals surface area contributed by atoms with Crippen LogP contribution in [0, 0.1) is 11.8 Å². The van der Waals surface area contributed by atoms with Crippen molar-refractivity contribution >= 4 is 5.78 Å². The summed E-state index contributed by atoms with van der Waals surface area (Å²) in [6.07, 6.45) is 0. The first-order chi connectivity index (χ1) is 9.70. The van der Waals surface area contributed by atoms with Crippen LogP contribution < -0.4 is 0 Å². The highest BCUT2D eigenvalue weighted by atomic mass is 16.1. The van der Waals surface area contributed by atoms with Crippen molar-refractivity contribution in [3.05, 3.63) is 70.8 Å². The molecule has 0 aliphatic heterocycles. The summed E-state index contributed by atoms with van der Waals surface area (Å²) in [5.74, 6) is 1.48. The first-order valence-electron chi connectivity index (χ1n) is 7.38. The fourth-order valence-electron chi connectivity index (χ4n) is 4.56. The van der Waals surface area contributed by atoms with Gasteiger partial charge in [-0.25, -0.2) is 0 Å². The third-order valence-corrected chi connectivity index (χ3v) is 5.25. The van der Waals surface area contributed by atoms with E-state index in [1.54, 1.807) is 6.92 Å². The summed E-state index contributed by atoms with van der Waals surface area (Å²) in [4.78, 5) is 12.2. The molecule has 2 aromatic carbocycles. The lowest BCUT2D eigenvalue weighted by Crippen LogP contribution is -2.41. The normalized spacial score (nSPS) is 29.7. The predicted molar refractivity (Wildman–Crippen MR) is 79.9 cm³/mol. The minimum atomic E-state index is 0.129. The molecule has 2 bridgehead atoms. The van der Waals surface area contributed by atoms with Gasteiger partial charge in [-0.3, -0.25) is 4.79 Å². The molecule has 0 aromatic heterocycles. The SMILES string of the molecule is CC(=O)C1C2c3ccccc3C(c3ccccc32)C1C. The van der Waals surface area contributed by atoms with Gasteiger partial charge in [0, 0.05) is 17.8 Å². The molecule has 1 heteroatoms. The molecule has 3 aliphatic carbocycles. The second-order valence-corrected chi connectivity index (χ2v) is 6.21. The van der Waals surface area contributed by atoms with Crippen molar-refractivity contribution in [3.63, 3.8) is 0 Å². The molecule has 0 saturated heterocycles. The van der Waals surface area contributed by atoms with Crippen molar-refractivity contribution in [1.82, 2.24) is 0 Å². The molecule has 20 heavy (non-hydrogen) atoms. The fourth-order valence-corrected chi connectivity index (χ4v) is 4.56. The van der Waals surface area contributed by atoms with Crippen molar-refractivity contribution in [3.8, 4) is 0 Å². The van der Waals surface area contributed by atoms with Crippen LogP contribution >= 0.6 is 0 Å². The zero-order valence-electron chi connectivity index (χ0n) is 11.8. The molecule has 2 atom stereocenters. The van der Waals surface area contributed by atoms with E-state index in [2.05, 4.69) is 55.5 Å². The Kier molecular flexibility index (Phi) is 2.41. The molecule has 2 aromatic rings. The van der Waals surface area contributed by atoms with Gasteiger partial charge in [0.25, 0.3) is 0 Å². The van der Waals surface area contributed by atoms with E-state index in [9.17, 15) is 4.79 Å². The molecule has 0 radical (unpaired) electrons. The van der Waals surface area contributed by atoms with E-state index in [0.29, 0.717) is 17.6 Å². The molecule has 1 nitrogen and oxygen atoms in total. The lowest BCUT2D eigenvalue weighted by atomic mass is 9.54. The largest absolute Gasteiger partial charge is 0.300 e. The standard InChI is InChI=1S/C19H18O/c1-11-17(12(2)20)19-15-9-5-3-7-13(15)18(11)14-8-4-6-10-16(14)19/h3-11,17-19H,1-2H3. The van der Waals surface area contributed by atoms with Gasteiger partial charge in [0.05, 0.1) is 0 Å². The molecule has 0 fully saturated rings. The van der Waals surface area contributed by atoms with Gasteiger partial charge in [-0.05, 0) is 35.1 Å². The van der Waals surface area contributed by atoms with E-state index in [0.717, 1.165) is 0 Å². The van der Waals surface area contributed by atoms with Crippen LogP contribution in [0.3, 0.4) is 0 Å². The van der Waals surface area contributed by atoms with E-state index in [4.69, 9.17) is 0 Å². The van der Waals surface area contributed by atoms with Crippen LogP contribution in [0.25, 0.3) is 0 Å². The maximum absolute atomic E-state index is 12.2. The van der Waals surface area contributed by atoms with Gasteiger partial charge in [-0.15, -0.1) is 0 Å². The number of carbonyl (C=O) groups excluding carboxylic acids is 1. The second kappa shape index (κ2) is 4.05. The molecular weight excluding hydrogens is 244 g/mol. The summed E-state index contributed by atoms with van der Waals surface area (Å²) in [7, 11) is 0. The van der Waals surface area contributed by atoms with E-state index in [-0.39, 0.29) is 11.8 Å². The topological polar surface area (TPSA) is 17.1 Å². The van der Waals surface area contributed by atoms with Crippen LogP contribution in [0.1, 0.15) is 47.9 Å². The minimum absolute atomic E-state index is 0.129. The summed E-state index contributed by atoms with van der Waals surface area (Å²) >= 11 is 0. The number of ketones is 1. The van der Waals surface area contributed by atoms with Crippen molar-refractivity contribution in [1.29, 1.82) is 0 Å². The Hall–Kier alpha value is -1.89. The third-order valence-electron chi connectivity index (χ3n) is 5.25. The summed E-state index contributed by atoms with van der Waals surface area (Å²) < 4.78 is 0. The number of fused-ring (bicyclic) bond motifs is 1. The van der Waals surface area contributed by atoms with E-state index in [1.165, 1.54) is 22.3 Å². The quantitative estimate of drug-likeness (QED) is 0.755. The molecule has 0 spiro atoms. The molecule has 3 aliphatic rings. The molecule has 0 amide bonds. The number of hydrogen-bond acceptors (Lipinski definition) is 1. The van der Waals surface area contributed by atoms with Gasteiger partial charge in [-0.2, -0.15) is 0 Å². The molecule has 0 heterocycles. The summed E-state index contributed by atoms with van der Waals surface area (Å²) in [5.41, 5.74) is 5.60. The summed E-state index contributed by atoms with van der Waals surface area (Å²) in [6, 6.07) is 17.4. The smallest absolute Gasteiger partial charge is 0.134 e. The highest BCUT2D eigenvalue weighted by molar-refractivity contribution is 5.82. The highest BCUT2D eigenvalue weighted by Crippen LogP contribution is 2.58. The number of rotatable bonds is 1. The van der Waals surface area contributed by atoms with Crippen LogP contribution in [0.4, 0.5) is 0 Å². The third kappa shape index (κ3) is 1.35. The molecule has 0 N–H and O–H groups in total. The maximum Gasteiger partial charge on any atom is 0.134 e. The van der Waals surface area contributed by atoms with Crippen LogP contribution in [0.5, 0.6) is 0 Å². The zero-order chi connectivity index (χ0) is 13.9. The van der Waals surface area contributed by atoms with Crippen LogP contribution in [-0.2, 0) is 4.79 Å². The van der Waals surface area contributed by atoms with Crippen molar-refractivity contribution in [2.45, 2.75) is 25.7 Å².